The number of benzene rings is 2. The summed E-state index contributed by atoms with van der Waals surface area (Å²) in [4.78, 5) is 21.5. The van der Waals surface area contributed by atoms with Crippen molar-refractivity contribution in [2.75, 3.05) is 11.9 Å². The minimum Gasteiger partial charge on any atom is -0.467 e. The standard InChI is InChI=1S/C20H15N3O2S/c24-17(23-15-9-5-2-6-10-15)11-25-19-18-16(14-7-3-1-4-8-14)12-26-20(18)22-13-21-19/h1-10,12-13H,11H2,(H,23,24). The number of nitrogens with one attached hydrogen (secondary N) is 1. The predicted molar refractivity (Wildman–Crippen MR) is 103 cm³/mol. The Morgan fingerprint density at radius 3 is 2.50 bits per heavy atom. The number of thiophene rings is 1. The molecule has 2 heterocycles. The summed E-state index contributed by atoms with van der Waals surface area (Å²) in [6.07, 6.45) is 1.46. The topological polar surface area (TPSA) is 64.1 Å². The van der Waals surface area contributed by atoms with E-state index in [9.17, 15) is 4.79 Å². The van der Waals surface area contributed by atoms with Gasteiger partial charge in [-0.05, 0) is 17.7 Å². The van der Waals surface area contributed by atoms with Crippen LogP contribution in [0.15, 0.2) is 72.4 Å². The summed E-state index contributed by atoms with van der Waals surface area (Å²) in [5, 5.41) is 5.66. The molecule has 0 bridgehead atoms. The first kappa shape index (κ1) is 16.2. The lowest BCUT2D eigenvalue weighted by molar-refractivity contribution is -0.118. The van der Waals surface area contributed by atoms with Gasteiger partial charge < -0.3 is 10.1 Å². The zero-order chi connectivity index (χ0) is 17.8. The molecule has 0 fully saturated rings. The van der Waals surface area contributed by atoms with Crippen molar-refractivity contribution in [1.82, 2.24) is 9.97 Å². The van der Waals surface area contributed by atoms with Gasteiger partial charge in [-0.3, -0.25) is 4.79 Å². The van der Waals surface area contributed by atoms with E-state index in [0.29, 0.717) is 5.88 Å². The van der Waals surface area contributed by atoms with Crippen LogP contribution in [0.4, 0.5) is 5.69 Å². The average Bonchev–Trinajstić information content (AvgIpc) is 3.13. The summed E-state index contributed by atoms with van der Waals surface area (Å²) in [7, 11) is 0. The molecule has 4 rings (SSSR count). The van der Waals surface area contributed by atoms with Crippen molar-refractivity contribution >= 4 is 33.1 Å². The number of rotatable bonds is 5. The van der Waals surface area contributed by atoms with Gasteiger partial charge in [0.1, 0.15) is 11.2 Å². The Balaban J connectivity index is 1.57. The van der Waals surface area contributed by atoms with Gasteiger partial charge >= 0.3 is 0 Å². The van der Waals surface area contributed by atoms with Gasteiger partial charge in [0.15, 0.2) is 6.61 Å². The second-order valence-electron chi connectivity index (χ2n) is 5.58. The highest BCUT2D eigenvalue weighted by atomic mass is 32.1. The third-order valence-electron chi connectivity index (χ3n) is 3.82. The van der Waals surface area contributed by atoms with Crippen LogP contribution in [-0.2, 0) is 4.79 Å². The maximum atomic E-state index is 12.1. The largest absolute Gasteiger partial charge is 0.467 e. The summed E-state index contributed by atoms with van der Waals surface area (Å²) in [6, 6.07) is 19.3. The van der Waals surface area contributed by atoms with Crippen molar-refractivity contribution < 1.29 is 9.53 Å². The second-order valence-corrected chi connectivity index (χ2v) is 6.44. The second kappa shape index (κ2) is 7.33. The van der Waals surface area contributed by atoms with Crippen LogP contribution in [0.25, 0.3) is 21.3 Å². The molecule has 1 amide bonds. The average molecular weight is 361 g/mol. The number of hydrogen-bond donors (Lipinski definition) is 1. The lowest BCUT2D eigenvalue weighted by atomic mass is 10.1. The molecular formula is C20H15N3O2S. The molecule has 0 saturated carbocycles. The van der Waals surface area contributed by atoms with Crippen LogP contribution >= 0.6 is 11.3 Å². The number of amides is 1. The quantitative estimate of drug-likeness (QED) is 0.573. The van der Waals surface area contributed by atoms with Crippen molar-refractivity contribution in [3.63, 3.8) is 0 Å². The normalized spacial score (nSPS) is 10.6. The summed E-state index contributed by atoms with van der Waals surface area (Å²) in [5.74, 6) is 0.178. The number of nitrogens with zero attached hydrogens (tertiary/aromatic N) is 2. The molecule has 128 valence electrons. The van der Waals surface area contributed by atoms with Gasteiger partial charge in [-0.1, -0.05) is 48.5 Å². The first-order chi connectivity index (χ1) is 12.8. The fourth-order valence-electron chi connectivity index (χ4n) is 2.64. The molecule has 0 aliphatic heterocycles. The van der Waals surface area contributed by atoms with Crippen LogP contribution in [0.2, 0.25) is 0 Å². The van der Waals surface area contributed by atoms with Crippen LogP contribution in [0, 0.1) is 0 Å². The lowest BCUT2D eigenvalue weighted by Gasteiger charge is -2.08. The molecule has 0 atom stereocenters. The molecule has 2 aromatic carbocycles. The number of para-hydroxylation sites is 1. The predicted octanol–water partition coefficient (Wildman–Crippen LogP) is 4.38. The molecule has 0 radical (unpaired) electrons. The zero-order valence-electron chi connectivity index (χ0n) is 13.8. The maximum Gasteiger partial charge on any atom is 0.262 e. The molecule has 0 aliphatic carbocycles. The minimum atomic E-state index is -0.237. The zero-order valence-corrected chi connectivity index (χ0v) is 14.6. The highest BCUT2D eigenvalue weighted by Crippen LogP contribution is 2.37. The number of carbonyl (C=O) groups excluding carboxylic acids is 1. The smallest absolute Gasteiger partial charge is 0.262 e. The summed E-state index contributed by atoms with van der Waals surface area (Å²) in [6.45, 7) is -0.120. The van der Waals surface area contributed by atoms with Crippen LogP contribution in [0.1, 0.15) is 0 Å². The maximum absolute atomic E-state index is 12.1. The van der Waals surface area contributed by atoms with E-state index in [2.05, 4.69) is 15.3 Å². The van der Waals surface area contributed by atoms with E-state index in [1.54, 1.807) is 0 Å². The van der Waals surface area contributed by atoms with Gasteiger partial charge in [0.05, 0.1) is 5.39 Å². The molecular weight excluding hydrogens is 346 g/mol. The third kappa shape index (κ3) is 3.41. The monoisotopic (exact) mass is 361 g/mol. The summed E-state index contributed by atoms with van der Waals surface area (Å²) >= 11 is 1.53. The number of ether oxygens (including phenoxy) is 1. The van der Waals surface area contributed by atoms with Crippen molar-refractivity contribution in [3.8, 4) is 17.0 Å². The Morgan fingerprint density at radius 1 is 1.00 bits per heavy atom. The third-order valence-corrected chi connectivity index (χ3v) is 4.70. The molecule has 0 unspecified atom stereocenters. The Kier molecular flexibility index (Phi) is 4.57. The van der Waals surface area contributed by atoms with E-state index in [1.807, 2.05) is 66.0 Å². The van der Waals surface area contributed by atoms with Gasteiger partial charge in [0.25, 0.3) is 5.91 Å². The molecule has 0 aliphatic rings. The van der Waals surface area contributed by atoms with E-state index in [1.165, 1.54) is 17.7 Å². The highest BCUT2D eigenvalue weighted by Gasteiger charge is 2.15. The summed E-state index contributed by atoms with van der Waals surface area (Å²) < 4.78 is 5.72. The molecule has 2 aromatic heterocycles. The van der Waals surface area contributed by atoms with E-state index < -0.39 is 0 Å². The summed E-state index contributed by atoms with van der Waals surface area (Å²) in [5.41, 5.74) is 2.80. The molecule has 4 aromatic rings. The first-order valence-electron chi connectivity index (χ1n) is 8.06. The Labute approximate surface area is 154 Å². The Hall–Kier alpha value is -3.25. The Morgan fingerprint density at radius 2 is 1.73 bits per heavy atom. The fraction of sp³-hybridized carbons (Fsp3) is 0.0500. The fourth-order valence-corrected chi connectivity index (χ4v) is 3.55. The van der Waals surface area contributed by atoms with Crippen LogP contribution in [-0.4, -0.2) is 22.5 Å². The first-order valence-corrected chi connectivity index (χ1v) is 8.94. The minimum absolute atomic E-state index is 0.120. The van der Waals surface area contributed by atoms with Gasteiger partial charge in [0.2, 0.25) is 5.88 Å². The SMILES string of the molecule is O=C(COc1ncnc2scc(-c3ccccc3)c12)Nc1ccccc1. The van der Waals surface area contributed by atoms with E-state index in [4.69, 9.17) is 4.74 Å². The number of hydrogen-bond acceptors (Lipinski definition) is 5. The van der Waals surface area contributed by atoms with Gasteiger partial charge in [-0.25, -0.2) is 9.97 Å². The highest BCUT2D eigenvalue weighted by molar-refractivity contribution is 7.17. The van der Waals surface area contributed by atoms with Crippen molar-refractivity contribution in [3.05, 3.63) is 72.4 Å². The van der Waals surface area contributed by atoms with Gasteiger partial charge in [-0.2, -0.15) is 0 Å². The van der Waals surface area contributed by atoms with E-state index in [0.717, 1.165) is 27.0 Å². The number of anilines is 1. The number of aromatic nitrogens is 2. The molecule has 6 heteroatoms. The van der Waals surface area contributed by atoms with Gasteiger partial charge in [0, 0.05) is 16.6 Å². The van der Waals surface area contributed by atoms with Crippen molar-refractivity contribution in [2.45, 2.75) is 0 Å². The van der Waals surface area contributed by atoms with Crippen molar-refractivity contribution in [1.29, 1.82) is 0 Å². The van der Waals surface area contributed by atoms with Crippen LogP contribution in [0.3, 0.4) is 0 Å². The van der Waals surface area contributed by atoms with E-state index in [-0.39, 0.29) is 12.5 Å². The molecule has 26 heavy (non-hydrogen) atoms. The molecule has 1 N–H and O–H groups in total. The number of carbonyl (C=O) groups is 1. The molecule has 0 saturated heterocycles. The number of fused-ring (bicyclic) bond motifs is 1. The lowest BCUT2D eigenvalue weighted by Crippen LogP contribution is -2.20. The molecule has 0 spiro atoms. The van der Waals surface area contributed by atoms with E-state index >= 15 is 0 Å². The Bertz CT molecular complexity index is 1030. The van der Waals surface area contributed by atoms with Crippen LogP contribution in [0.5, 0.6) is 5.88 Å². The molecule has 5 nitrogen and oxygen atoms in total. The van der Waals surface area contributed by atoms with Crippen LogP contribution < -0.4 is 10.1 Å². The van der Waals surface area contributed by atoms with Gasteiger partial charge in [-0.15, -0.1) is 11.3 Å². The van der Waals surface area contributed by atoms with Crippen molar-refractivity contribution in [2.24, 2.45) is 0 Å².